The van der Waals surface area contributed by atoms with E-state index in [0.717, 1.165) is 25.9 Å². The Kier molecular flexibility index (Phi) is 10.4. The number of alkyl halides is 2. The minimum atomic E-state index is -3.13. The van der Waals surface area contributed by atoms with E-state index in [1.54, 1.807) is 17.2 Å². The first-order valence-corrected chi connectivity index (χ1v) is 15.9. The van der Waals surface area contributed by atoms with E-state index in [1.165, 1.54) is 46.0 Å². The number of piperidine rings is 1. The van der Waals surface area contributed by atoms with Crippen molar-refractivity contribution in [2.75, 3.05) is 57.7 Å². The molecule has 1 aromatic carbocycles. The smallest absolute Gasteiger partial charge is 0.387 e. The molecule has 48 heavy (non-hydrogen) atoms. The maximum absolute atomic E-state index is 13.4. The molecule has 2 fully saturated rings. The topological polar surface area (TPSA) is 148 Å². The number of piperazine rings is 1. The Balaban J connectivity index is 1.13. The second-order valence-corrected chi connectivity index (χ2v) is 11.9. The van der Waals surface area contributed by atoms with Crippen molar-refractivity contribution in [3.8, 4) is 17.0 Å². The first-order chi connectivity index (χ1) is 23.2. The van der Waals surface area contributed by atoms with Crippen LogP contribution in [0.2, 0.25) is 5.02 Å². The van der Waals surface area contributed by atoms with E-state index >= 15 is 0 Å². The minimum Gasteiger partial charge on any atom is -0.464 e. The van der Waals surface area contributed by atoms with E-state index in [4.69, 9.17) is 21.1 Å². The van der Waals surface area contributed by atoms with Gasteiger partial charge >= 0.3 is 12.6 Å². The molecule has 0 radical (unpaired) electrons. The largest absolute Gasteiger partial charge is 0.464 e. The van der Waals surface area contributed by atoms with Crippen molar-refractivity contribution in [2.45, 2.75) is 26.0 Å². The fourth-order valence-electron chi connectivity index (χ4n) is 5.77. The SMILES string of the molecule is O=C(Nc1cn(CC(=O)N2CCN(CCOC(=O)C3CCNCC3)CC2)nc1-c1cc(Cl)ccc1OC(F)F)c1cnn2cccnc12. The normalized spacial score (nSPS) is 16.0. The van der Waals surface area contributed by atoms with E-state index in [2.05, 4.69) is 30.7 Å². The number of carbonyl (C=O) groups is 3. The van der Waals surface area contributed by atoms with Crippen molar-refractivity contribution >= 4 is 40.7 Å². The molecule has 5 heterocycles. The lowest BCUT2D eigenvalue weighted by Crippen LogP contribution is -2.50. The summed E-state index contributed by atoms with van der Waals surface area (Å²) in [6.07, 6.45) is 7.54. The maximum atomic E-state index is 13.4. The lowest BCUT2D eigenvalue weighted by Gasteiger charge is -2.34. The highest BCUT2D eigenvalue weighted by Gasteiger charge is 2.26. The number of carbonyl (C=O) groups excluding carboxylic acids is 3. The lowest BCUT2D eigenvalue weighted by atomic mass is 9.99. The summed E-state index contributed by atoms with van der Waals surface area (Å²) in [7, 11) is 0. The van der Waals surface area contributed by atoms with Gasteiger partial charge in [0.25, 0.3) is 5.91 Å². The van der Waals surface area contributed by atoms with E-state index < -0.39 is 12.5 Å². The Hall–Kier alpha value is -4.67. The van der Waals surface area contributed by atoms with Crippen LogP contribution < -0.4 is 15.4 Å². The van der Waals surface area contributed by atoms with Crippen LogP contribution in [0.1, 0.15) is 23.2 Å². The summed E-state index contributed by atoms with van der Waals surface area (Å²) in [4.78, 5) is 47.1. The van der Waals surface area contributed by atoms with Gasteiger partial charge in [-0.2, -0.15) is 19.0 Å². The number of hydrogen-bond donors (Lipinski definition) is 2. The van der Waals surface area contributed by atoms with Crippen LogP contribution in [0.4, 0.5) is 14.5 Å². The zero-order valence-electron chi connectivity index (χ0n) is 25.9. The number of benzene rings is 1. The van der Waals surface area contributed by atoms with E-state index in [9.17, 15) is 23.2 Å². The van der Waals surface area contributed by atoms with Crippen LogP contribution in [-0.4, -0.2) is 111 Å². The van der Waals surface area contributed by atoms with Crippen LogP contribution in [0, 0.1) is 5.92 Å². The number of esters is 1. The molecule has 3 aromatic heterocycles. The predicted molar refractivity (Wildman–Crippen MR) is 170 cm³/mol. The predicted octanol–water partition coefficient (Wildman–Crippen LogP) is 2.79. The Morgan fingerprint density at radius 3 is 2.69 bits per heavy atom. The second-order valence-electron chi connectivity index (χ2n) is 11.4. The van der Waals surface area contributed by atoms with Gasteiger partial charge in [0.05, 0.1) is 17.8 Å². The maximum Gasteiger partial charge on any atom is 0.387 e. The molecule has 14 nitrogen and oxygen atoms in total. The van der Waals surface area contributed by atoms with Gasteiger partial charge in [0.2, 0.25) is 5.91 Å². The van der Waals surface area contributed by atoms with Crippen LogP contribution in [0.3, 0.4) is 0 Å². The third kappa shape index (κ3) is 7.89. The number of nitrogens with zero attached hydrogens (tertiary/aromatic N) is 7. The van der Waals surface area contributed by atoms with E-state index in [0.29, 0.717) is 45.0 Å². The van der Waals surface area contributed by atoms with Gasteiger partial charge in [-0.3, -0.25) is 24.0 Å². The Labute approximate surface area is 278 Å². The molecule has 2 N–H and O–H groups in total. The fourth-order valence-corrected chi connectivity index (χ4v) is 5.94. The number of anilines is 1. The molecule has 2 aliphatic heterocycles. The number of nitrogens with one attached hydrogen (secondary N) is 2. The van der Waals surface area contributed by atoms with Gasteiger partial charge in [-0.1, -0.05) is 11.6 Å². The second kappa shape index (κ2) is 15.0. The average molecular weight is 686 g/mol. The molecule has 0 spiro atoms. The monoisotopic (exact) mass is 685 g/mol. The fraction of sp³-hybridized carbons (Fsp3) is 0.419. The summed E-state index contributed by atoms with van der Waals surface area (Å²) in [5.74, 6) is -1.22. The van der Waals surface area contributed by atoms with Crippen molar-refractivity contribution in [3.63, 3.8) is 0 Å². The van der Waals surface area contributed by atoms with Gasteiger partial charge in [0.15, 0.2) is 5.65 Å². The molecular formula is C31H34ClF2N9O5. The number of amides is 2. The van der Waals surface area contributed by atoms with Gasteiger partial charge in [-0.15, -0.1) is 0 Å². The summed E-state index contributed by atoms with van der Waals surface area (Å²) >= 11 is 6.22. The molecule has 6 rings (SSSR count). The van der Waals surface area contributed by atoms with Crippen molar-refractivity contribution in [3.05, 3.63) is 59.6 Å². The summed E-state index contributed by atoms with van der Waals surface area (Å²) in [5.41, 5.74) is 0.773. The standard InChI is InChI=1S/C31H34ClF2N9O5/c32-21-2-3-25(48-31(33)34)22(16-21)27-24(38-29(45)23-17-37-43-9-1-6-36-28(23)43)18-42(39-27)19-26(44)41-12-10-40(11-13-41)14-15-47-30(46)20-4-7-35-8-5-20/h1-3,6,9,16-18,20,31,35H,4-5,7-8,10-15,19H2,(H,38,45). The van der Waals surface area contributed by atoms with Gasteiger partial charge < -0.3 is 25.0 Å². The van der Waals surface area contributed by atoms with Gasteiger partial charge in [0, 0.05) is 61.9 Å². The lowest BCUT2D eigenvalue weighted by molar-refractivity contribution is -0.150. The molecule has 2 aliphatic rings. The quantitative estimate of drug-likeness (QED) is 0.226. The minimum absolute atomic E-state index is 0.0531. The van der Waals surface area contributed by atoms with E-state index in [-0.39, 0.29) is 57.6 Å². The molecule has 17 heteroatoms. The van der Waals surface area contributed by atoms with Crippen molar-refractivity contribution in [1.82, 2.24) is 39.5 Å². The Morgan fingerprint density at radius 1 is 1.12 bits per heavy atom. The molecule has 4 aromatic rings. The van der Waals surface area contributed by atoms with Crippen LogP contribution >= 0.6 is 11.6 Å². The molecule has 0 bridgehead atoms. The Bertz CT molecular complexity index is 1770. The summed E-state index contributed by atoms with van der Waals surface area (Å²) < 4.78 is 39.6. The van der Waals surface area contributed by atoms with Gasteiger partial charge in [-0.25, -0.2) is 9.50 Å². The zero-order chi connectivity index (χ0) is 33.6. The molecule has 254 valence electrons. The third-order valence-electron chi connectivity index (χ3n) is 8.29. The van der Waals surface area contributed by atoms with Gasteiger partial charge in [0.1, 0.15) is 30.2 Å². The number of aromatic nitrogens is 5. The van der Waals surface area contributed by atoms with Crippen molar-refractivity contribution < 1.29 is 32.6 Å². The van der Waals surface area contributed by atoms with Crippen molar-refractivity contribution in [2.24, 2.45) is 5.92 Å². The zero-order valence-corrected chi connectivity index (χ0v) is 26.6. The highest BCUT2D eigenvalue weighted by atomic mass is 35.5. The van der Waals surface area contributed by atoms with Crippen LogP contribution in [0.5, 0.6) is 5.75 Å². The van der Waals surface area contributed by atoms with Crippen LogP contribution in [0.25, 0.3) is 16.9 Å². The molecule has 0 unspecified atom stereocenters. The third-order valence-corrected chi connectivity index (χ3v) is 8.53. The van der Waals surface area contributed by atoms with Crippen molar-refractivity contribution in [1.29, 1.82) is 0 Å². The average Bonchev–Trinajstić information content (AvgIpc) is 3.70. The highest BCUT2D eigenvalue weighted by molar-refractivity contribution is 6.31. The molecular weight excluding hydrogens is 652 g/mol. The number of fused-ring (bicyclic) bond motifs is 1. The molecule has 0 atom stereocenters. The Morgan fingerprint density at radius 2 is 1.92 bits per heavy atom. The van der Waals surface area contributed by atoms with Crippen LogP contribution in [-0.2, 0) is 20.9 Å². The van der Waals surface area contributed by atoms with Crippen LogP contribution in [0.15, 0.2) is 49.1 Å². The first kappa shape index (κ1) is 33.2. The number of hydrogen-bond acceptors (Lipinski definition) is 10. The number of ether oxygens (including phenoxy) is 2. The summed E-state index contributed by atoms with van der Waals surface area (Å²) in [6, 6.07) is 5.73. The summed E-state index contributed by atoms with van der Waals surface area (Å²) in [5, 5.41) is 14.9. The van der Waals surface area contributed by atoms with Gasteiger partial charge in [-0.05, 0) is 50.2 Å². The summed E-state index contributed by atoms with van der Waals surface area (Å²) in [6.45, 7) is 1.34. The molecule has 2 saturated heterocycles. The first-order valence-electron chi connectivity index (χ1n) is 15.5. The molecule has 0 aliphatic carbocycles. The molecule has 0 saturated carbocycles. The van der Waals surface area contributed by atoms with E-state index in [1.807, 2.05) is 0 Å². The molecule has 2 amide bonds. The number of halogens is 3. The highest BCUT2D eigenvalue weighted by Crippen LogP contribution is 2.37. The number of rotatable bonds is 11.